The molecule has 2 heterocycles. The Hall–Kier alpha value is -2.85. The first-order chi connectivity index (χ1) is 12.2. The number of hydrogen-bond donors (Lipinski definition) is 2. The number of hydrogen-bond acceptors (Lipinski definition) is 3. The van der Waals surface area contributed by atoms with E-state index in [1.807, 2.05) is 54.6 Å². The number of fused-ring (bicyclic) bond motifs is 1. The summed E-state index contributed by atoms with van der Waals surface area (Å²) in [4.78, 5) is 16.8. The van der Waals surface area contributed by atoms with Gasteiger partial charge in [-0.25, -0.2) is 0 Å². The zero-order valence-corrected chi connectivity index (χ0v) is 14.2. The summed E-state index contributed by atoms with van der Waals surface area (Å²) in [5.74, 6) is -0.0764. The Bertz CT molecular complexity index is 929. The molecule has 1 aromatic heterocycles. The second kappa shape index (κ2) is 6.57. The van der Waals surface area contributed by atoms with E-state index in [2.05, 4.69) is 15.6 Å². The Kier molecular flexibility index (Phi) is 4.12. The van der Waals surface area contributed by atoms with E-state index in [1.165, 1.54) is 0 Å². The van der Waals surface area contributed by atoms with E-state index >= 15 is 0 Å². The summed E-state index contributed by atoms with van der Waals surface area (Å²) in [6.07, 6.45) is 8.86. The van der Waals surface area contributed by atoms with Crippen molar-refractivity contribution >= 4 is 41.0 Å². The number of aromatic nitrogens is 1. The third kappa shape index (κ3) is 3.35. The maximum Gasteiger partial charge on any atom is 0.253 e. The fourth-order valence-electron chi connectivity index (χ4n) is 2.92. The zero-order valence-electron chi connectivity index (χ0n) is 13.4. The zero-order chi connectivity index (χ0) is 17.2. The van der Waals surface area contributed by atoms with Crippen LogP contribution in [0.5, 0.6) is 0 Å². The lowest BCUT2D eigenvalue weighted by molar-refractivity contribution is -0.113. The minimum Gasteiger partial charge on any atom is -0.353 e. The Morgan fingerprint density at radius 3 is 2.80 bits per heavy atom. The number of pyridine rings is 1. The SMILES string of the molecule is O=C1Nc2cc(/C=C/c3ccccn3)ccc2NC2=C1CCC(Cl)=C2. The molecule has 0 fully saturated rings. The monoisotopic (exact) mass is 349 g/mol. The van der Waals surface area contributed by atoms with Crippen molar-refractivity contribution in [1.82, 2.24) is 4.98 Å². The highest BCUT2D eigenvalue weighted by atomic mass is 35.5. The largest absolute Gasteiger partial charge is 0.353 e. The highest BCUT2D eigenvalue weighted by molar-refractivity contribution is 6.30. The number of benzene rings is 1. The molecule has 0 radical (unpaired) electrons. The van der Waals surface area contributed by atoms with Gasteiger partial charge in [0, 0.05) is 22.5 Å². The maximum absolute atomic E-state index is 12.5. The number of carbonyl (C=O) groups excluding carboxylic acids is 1. The molecule has 4 nitrogen and oxygen atoms in total. The van der Waals surface area contributed by atoms with Crippen molar-refractivity contribution in [2.45, 2.75) is 12.8 Å². The molecule has 1 aromatic carbocycles. The fraction of sp³-hybridized carbons (Fsp3) is 0.100. The number of nitrogens with zero attached hydrogens (tertiary/aromatic N) is 1. The van der Waals surface area contributed by atoms with E-state index in [9.17, 15) is 4.79 Å². The highest BCUT2D eigenvalue weighted by Gasteiger charge is 2.23. The van der Waals surface area contributed by atoms with Crippen LogP contribution in [0.2, 0.25) is 0 Å². The van der Waals surface area contributed by atoms with Gasteiger partial charge in [-0.15, -0.1) is 0 Å². The third-order valence-corrected chi connectivity index (χ3v) is 4.51. The molecule has 2 aromatic rings. The van der Waals surface area contributed by atoms with E-state index < -0.39 is 0 Å². The van der Waals surface area contributed by atoms with Crippen LogP contribution in [-0.4, -0.2) is 10.9 Å². The minimum atomic E-state index is -0.0764. The molecular formula is C20H16ClN3O. The smallest absolute Gasteiger partial charge is 0.253 e. The van der Waals surface area contributed by atoms with E-state index in [-0.39, 0.29) is 5.91 Å². The fourth-order valence-corrected chi connectivity index (χ4v) is 3.12. The first kappa shape index (κ1) is 15.7. The molecule has 1 amide bonds. The Morgan fingerprint density at radius 2 is 1.96 bits per heavy atom. The molecule has 124 valence electrons. The second-order valence-corrected chi connectivity index (χ2v) is 6.44. The Morgan fingerprint density at radius 1 is 1.04 bits per heavy atom. The molecule has 5 heteroatoms. The minimum absolute atomic E-state index is 0.0764. The number of allylic oxidation sites excluding steroid dienone is 2. The van der Waals surface area contributed by atoms with Gasteiger partial charge in [-0.3, -0.25) is 9.78 Å². The molecular weight excluding hydrogens is 334 g/mol. The van der Waals surface area contributed by atoms with Gasteiger partial charge >= 0.3 is 0 Å². The van der Waals surface area contributed by atoms with Gasteiger partial charge in [-0.2, -0.15) is 0 Å². The van der Waals surface area contributed by atoms with Crippen molar-refractivity contribution in [2.24, 2.45) is 0 Å². The van der Waals surface area contributed by atoms with Gasteiger partial charge in [-0.1, -0.05) is 29.8 Å². The van der Waals surface area contributed by atoms with Crippen LogP contribution in [0.1, 0.15) is 24.1 Å². The van der Waals surface area contributed by atoms with E-state index in [4.69, 9.17) is 11.6 Å². The predicted octanol–water partition coefficient (Wildman–Crippen LogP) is 4.79. The number of rotatable bonds is 2. The number of halogens is 1. The topological polar surface area (TPSA) is 54.0 Å². The van der Waals surface area contributed by atoms with Crippen LogP contribution >= 0.6 is 11.6 Å². The van der Waals surface area contributed by atoms with Crippen molar-refractivity contribution in [3.8, 4) is 0 Å². The predicted molar refractivity (Wildman–Crippen MR) is 102 cm³/mol. The van der Waals surface area contributed by atoms with Gasteiger partial charge in [0.25, 0.3) is 5.91 Å². The summed E-state index contributed by atoms with van der Waals surface area (Å²) < 4.78 is 0. The van der Waals surface area contributed by atoms with Gasteiger partial charge in [0.1, 0.15) is 0 Å². The van der Waals surface area contributed by atoms with Crippen LogP contribution in [0, 0.1) is 0 Å². The molecule has 1 aliphatic heterocycles. The first-order valence-electron chi connectivity index (χ1n) is 8.10. The summed E-state index contributed by atoms with van der Waals surface area (Å²) in [6.45, 7) is 0. The summed E-state index contributed by atoms with van der Waals surface area (Å²) >= 11 is 6.13. The molecule has 2 N–H and O–H groups in total. The van der Waals surface area contributed by atoms with Crippen LogP contribution in [0.15, 0.2) is 65.0 Å². The van der Waals surface area contributed by atoms with Crippen LogP contribution < -0.4 is 10.6 Å². The Balaban J connectivity index is 1.63. The van der Waals surface area contributed by atoms with Gasteiger partial charge in [0.2, 0.25) is 0 Å². The van der Waals surface area contributed by atoms with Crippen molar-refractivity contribution in [2.75, 3.05) is 10.6 Å². The normalized spacial score (nSPS) is 16.5. The number of anilines is 2. The summed E-state index contributed by atoms with van der Waals surface area (Å²) in [5, 5.41) is 7.08. The summed E-state index contributed by atoms with van der Waals surface area (Å²) in [7, 11) is 0. The van der Waals surface area contributed by atoms with Crippen molar-refractivity contribution < 1.29 is 4.79 Å². The molecule has 0 saturated carbocycles. The van der Waals surface area contributed by atoms with E-state index in [0.29, 0.717) is 12.8 Å². The standard InChI is InChI=1S/C20H16ClN3O/c21-14-6-8-16-18(12-14)23-17-9-5-13(11-19(17)24-20(16)25)4-7-15-3-1-2-10-22-15/h1-5,7,9-12,23H,6,8H2,(H,24,25)/b7-4+. The first-order valence-corrected chi connectivity index (χ1v) is 8.47. The van der Waals surface area contributed by atoms with Crippen molar-refractivity contribution in [1.29, 1.82) is 0 Å². The van der Waals surface area contributed by atoms with Crippen LogP contribution in [0.4, 0.5) is 11.4 Å². The quantitative estimate of drug-likeness (QED) is 0.819. The molecule has 0 saturated heterocycles. The molecule has 2 aliphatic rings. The van der Waals surface area contributed by atoms with Crippen LogP contribution in [-0.2, 0) is 4.79 Å². The van der Waals surface area contributed by atoms with Crippen LogP contribution in [0.3, 0.4) is 0 Å². The molecule has 0 unspecified atom stereocenters. The lowest BCUT2D eigenvalue weighted by Gasteiger charge is -2.15. The highest BCUT2D eigenvalue weighted by Crippen LogP contribution is 2.34. The average molecular weight is 350 g/mol. The number of amides is 1. The second-order valence-electron chi connectivity index (χ2n) is 5.96. The summed E-state index contributed by atoms with van der Waals surface area (Å²) in [5.41, 5.74) is 5.01. The molecule has 25 heavy (non-hydrogen) atoms. The maximum atomic E-state index is 12.5. The molecule has 1 aliphatic carbocycles. The third-order valence-electron chi connectivity index (χ3n) is 4.21. The molecule has 0 spiro atoms. The van der Waals surface area contributed by atoms with Gasteiger partial charge in [0.15, 0.2) is 0 Å². The lowest BCUT2D eigenvalue weighted by atomic mass is 10.0. The molecule has 0 bridgehead atoms. The lowest BCUT2D eigenvalue weighted by Crippen LogP contribution is -2.16. The van der Waals surface area contributed by atoms with Gasteiger partial charge in [-0.05, 0) is 54.8 Å². The van der Waals surface area contributed by atoms with Crippen LogP contribution in [0.25, 0.3) is 12.2 Å². The van der Waals surface area contributed by atoms with Crippen molar-refractivity contribution in [3.05, 3.63) is 76.2 Å². The average Bonchev–Trinajstić information content (AvgIpc) is 2.75. The Labute approximate surface area is 150 Å². The molecule has 4 rings (SSSR count). The van der Waals surface area contributed by atoms with Crippen molar-refractivity contribution in [3.63, 3.8) is 0 Å². The molecule has 0 atom stereocenters. The van der Waals surface area contributed by atoms with Gasteiger partial charge in [0.05, 0.1) is 17.1 Å². The number of nitrogens with one attached hydrogen (secondary N) is 2. The van der Waals surface area contributed by atoms with Gasteiger partial charge < -0.3 is 10.6 Å². The summed E-state index contributed by atoms with van der Waals surface area (Å²) in [6, 6.07) is 11.7. The number of carbonyl (C=O) groups is 1. The van der Waals surface area contributed by atoms with E-state index in [1.54, 1.807) is 6.20 Å². The van der Waals surface area contributed by atoms with E-state index in [0.717, 1.165) is 38.9 Å².